The van der Waals surface area contributed by atoms with Gasteiger partial charge in [-0.3, -0.25) is 19.7 Å². The molecule has 0 saturated carbocycles. The van der Waals surface area contributed by atoms with E-state index in [4.69, 9.17) is 0 Å². The van der Waals surface area contributed by atoms with Crippen LogP contribution in [-0.2, 0) is 4.79 Å². The summed E-state index contributed by atoms with van der Waals surface area (Å²) in [6, 6.07) is 13.3. The smallest absolute Gasteiger partial charge is 0.269 e. The van der Waals surface area contributed by atoms with Gasteiger partial charge in [-0.2, -0.15) is 0 Å². The average Bonchev–Trinajstić information content (AvgIpc) is 2.73. The largest absolute Gasteiger partial charge is 0.339 e. The molecule has 2 amide bonds. The number of carbonyl (C=O) groups is 2. The number of nitro groups is 1. The summed E-state index contributed by atoms with van der Waals surface area (Å²) in [4.78, 5) is 36.7. The van der Waals surface area contributed by atoms with Crippen molar-refractivity contribution < 1.29 is 14.5 Å². The Morgan fingerprint density at radius 3 is 2.38 bits per heavy atom. The average molecular weight is 416 g/mol. The normalized spacial score (nSPS) is 11.6. The van der Waals surface area contributed by atoms with Crippen LogP contribution in [0, 0.1) is 10.1 Å². The Labute approximate surface area is 174 Å². The molecule has 0 aliphatic carbocycles. The van der Waals surface area contributed by atoms with Gasteiger partial charge in [0, 0.05) is 41.7 Å². The van der Waals surface area contributed by atoms with Crippen molar-refractivity contribution in [1.82, 2.24) is 4.90 Å². The molecular formula is C21H25N3O4S. The SMILES string of the molecule is CCN(CC)C(=O)c1ccc(NC(=O)CS[C@H](C)c2cccc([N+](=O)[O-])c2)cc1. The maximum Gasteiger partial charge on any atom is 0.269 e. The lowest BCUT2D eigenvalue weighted by Crippen LogP contribution is -2.30. The van der Waals surface area contributed by atoms with E-state index in [0.717, 1.165) is 5.56 Å². The van der Waals surface area contributed by atoms with Crippen molar-refractivity contribution in [2.24, 2.45) is 0 Å². The lowest BCUT2D eigenvalue weighted by molar-refractivity contribution is -0.384. The molecule has 0 saturated heterocycles. The number of hydrogen-bond donors (Lipinski definition) is 1. The van der Waals surface area contributed by atoms with Crippen LogP contribution < -0.4 is 5.32 Å². The molecule has 0 unspecified atom stereocenters. The van der Waals surface area contributed by atoms with Gasteiger partial charge in [0.2, 0.25) is 5.91 Å². The first-order valence-corrected chi connectivity index (χ1v) is 10.5. The zero-order valence-electron chi connectivity index (χ0n) is 16.8. The Hall–Kier alpha value is -2.87. The number of hydrogen-bond acceptors (Lipinski definition) is 5. The molecule has 1 atom stereocenters. The first-order valence-electron chi connectivity index (χ1n) is 9.40. The number of thioether (sulfide) groups is 1. The van der Waals surface area contributed by atoms with Crippen LogP contribution in [0.25, 0.3) is 0 Å². The van der Waals surface area contributed by atoms with Crippen LogP contribution in [0.5, 0.6) is 0 Å². The molecule has 0 fully saturated rings. The van der Waals surface area contributed by atoms with E-state index < -0.39 is 4.92 Å². The third kappa shape index (κ3) is 6.32. The van der Waals surface area contributed by atoms with Crippen LogP contribution in [0.4, 0.5) is 11.4 Å². The fraction of sp³-hybridized carbons (Fsp3) is 0.333. The summed E-state index contributed by atoms with van der Waals surface area (Å²) in [5.41, 5.74) is 2.05. The van der Waals surface area contributed by atoms with Crippen molar-refractivity contribution in [3.8, 4) is 0 Å². The third-order valence-electron chi connectivity index (χ3n) is 4.48. The van der Waals surface area contributed by atoms with Crippen molar-refractivity contribution in [2.45, 2.75) is 26.0 Å². The van der Waals surface area contributed by atoms with E-state index in [1.165, 1.54) is 23.9 Å². The van der Waals surface area contributed by atoms with E-state index in [1.54, 1.807) is 35.2 Å². The lowest BCUT2D eigenvalue weighted by Gasteiger charge is -2.18. The number of benzene rings is 2. The highest BCUT2D eigenvalue weighted by Crippen LogP contribution is 2.30. The molecule has 2 aromatic rings. The molecule has 2 rings (SSSR count). The number of nitro benzene ring substituents is 1. The Morgan fingerprint density at radius 1 is 1.14 bits per heavy atom. The molecular weight excluding hydrogens is 390 g/mol. The van der Waals surface area contributed by atoms with Gasteiger partial charge in [-0.25, -0.2) is 0 Å². The summed E-state index contributed by atoms with van der Waals surface area (Å²) in [5, 5.41) is 13.6. The molecule has 0 aromatic heterocycles. The van der Waals surface area contributed by atoms with Crippen molar-refractivity contribution in [1.29, 1.82) is 0 Å². The second kappa shape index (κ2) is 10.6. The van der Waals surface area contributed by atoms with Gasteiger partial charge in [-0.1, -0.05) is 12.1 Å². The molecule has 0 spiro atoms. The molecule has 1 N–H and O–H groups in total. The minimum Gasteiger partial charge on any atom is -0.339 e. The van der Waals surface area contributed by atoms with E-state index in [9.17, 15) is 19.7 Å². The van der Waals surface area contributed by atoms with Crippen molar-refractivity contribution >= 4 is 35.0 Å². The fourth-order valence-electron chi connectivity index (χ4n) is 2.77. The van der Waals surface area contributed by atoms with Crippen LogP contribution in [0.2, 0.25) is 0 Å². The minimum atomic E-state index is -0.428. The van der Waals surface area contributed by atoms with Crippen molar-refractivity contribution in [2.75, 3.05) is 24.2 Å². The number of rotatable bonds is 9. The molecule has 0 aliphatic rings. The highest BCUT2D eigenvalue weighted by Gasteiger charge is 2.14. The van der Waals surface area contributed by atoms with E-state index in [2.05, 4.69) is 5.32 Å². The standard InChI is InChI=1S/C21H25N3O4S/c1-4-23(5-2)21(26)16-9-11-18(12-10-16)22-20(25)14-29-15(3)17-7-6-8-19(13-17)24(27)28/h6-13,15H,4-5,14H2,1-3H3,(H,22,25)/t15-/m1/s1. The summed E-state index contributed by atoms with van der Waals surface area (Å²) >= 11 is 1.40. The number of amides is 2. The zero-order valence-corrected chi connectivity index (χ0v) is 17.6. The van der Waals surface area contributed by atoms with E-state index in [0.29, 0.717) is 24.3 Å². The maximum absolute atomic E-state index is 12.3. The molecule has 0 bridgehead atoms. The van der Waals surface area contributed by atoms with Gasteiger partial charge in [0.15, 0.2) is 0 Å². The molecule has 29 heavy (non-hydrogen) atoms. The predicted octanol–water partition coefficient (Wildman–Crippen LogP) is 4.51. The number of anilines is 1. The Balaban J connectivity index is 1.90. The van der Waals surface area contributed by atoms with Gasteiger partial charge in [0.25, 0.3) is 11.6 Å². The quantitative estimate of drug-likeness (QED) is 0.480. The first-order chi connectivity index (χ1) is 13.8. The Kier molecular flexibility index (Phi) is 8.21. The second-order valence-corrected chi connectivity index (χ2v) is 7.74. The predicted molar refractivity (Wildman–Crippen MR) is 116 cm³/mol. The van der Waals surface area contributed by atoms with Crippen LogP contribution in [0.1, 0.15) is 41.9 Å². The van der Waals surface area contributed by atoms with Gasteiger partial charge >= 0.3 is 0 Å². The number of nitrogens with one attached hydrogen (secondary N) is 1. The maximum atomic E-state index is 12.3. The summed E-state index contributed by atoms with van der Waals surface area (Å²) in [7, 11) is 0. The first kappa shape index (κ1) is 22.4. The van der Waals surface area contributed by atoms with Crippen LogP contribution in [0.15, 0.2) is 48.5 Å². The van der Waals surface area contributed by atoms with Gasteiger partial charge in [0.1, 0.15) is 0 Å². The summed E-state index contributed by atoms with van der Waals surface area (Å²) in [5.74, 6) is 0.00795. The van der Waals surface area contributed by atoms with Crippen molar-refractivity contribution in [3.05, 3.63) is 69.8 Å². The highest BCUT2D eigenvalue weighted by molar-refractivity contribution is 8.00. The molecule has 0 aliphatic heterocycles. The zero-order chi connectivity index (χ0) is 21.4. The van der Waals surface area contributed by atoms with Gasteiger partial charge in [-0.05, 0) is 50.6 Å². The topological polar surface area (TPSA) is 92.6 Å². The second-order valence-electron chi connectivity index (χ2n) is 6.41. The Bertz CT molecular complexity index is 866. The van der Waals surface area contributed by atoms with E-state index in [1.807, 2.05) is 26.8 Å². The monoisotopic (exact) mass is 415 g/mol. The van der Waals surface area contributed by atoms with Gasteiger partial charge in [-0.15, -0.1) is 11.8 Å². The summed E-state index contributed by atoms with van der Waals surface area (Å²) in [6.45, 7) is 7.07. The molecule has 7 nitrogen and oxygen atoms in total. The molecule has 154 valence electrons. The van der Waals surface area contributed by atoms with Crippen LogP contribution in [-0.4, -0.2) is 40.5 Å². The fourth-order valence-corrected chi connectivity index (χ4v) is 3.59. The third-order valence-corrected chi connectivity index (χ3v) is 5.68. The van der Waals surface area contributed by atoms with E-state index in [-0.39, 0.29) is 28.5 Å². The van der Waals surface area contributed by atoms with Crippen molar-refractivity contribution in [3.63, 3.8) is 0 Å². The Morgan fingerprint density at radius 2 is 1.79 bits per heavy atom. The highest BCUT2D eigenvalue weighted by atomic mass is 32.2. The van der Waals surface area contributed by atoms with Gasteiger partial charge in [0.05, 0.1) is 10.7 Å². The molecule has 2 aromatic carbocycles. The molecule has 0 heterocycles. The van der Waals surface area contributed by atoms with E-state index >= 15 is 0 Å². The number of nitrogens with zero attached hydrogens (tertiary/aromatic N) is 2. The van der Waals surface area contributed by atoms with Crippen LogP contribution in [0.3, 0.4) is 0 Å². The summed E-state index contributed by atoms with van der Waals surface area (Å²) < 4.78 is 0. The number of carbonyl (C=O) groups excluding carboxylic acids is 2. The molecule has 8 heteroatoms. The number of non-ortho nitro benzene ring substituents is 1. The van der Waals surface area contributed by atoms with Gasteiger partial charge < -0.3 is 10.2 Å². The lowest BCUT2D eigenvalue weighted by atomic mass is 10.1. The summed E-state index contributed by atoms with van der Waals surface area (Å²) in [6.07, 6.45) is 0. The molecule has 0 radical (unpaired) electrons. The van der Waals surface area contributed by atoms with Crippen LogP contribution >= 0.6 is 11.8 Å². The minimum absolute atomic E-state index is 0.0331.